The molecule has 1 aromatic heterocycles. The zero-order valence-corrected chi connectivity index (χ0v) is 18.7. The van der Waals surface area contributed by atoms with E-state index in [1.807, 2.05) is 25.1 Å². The van der Waals surface area contributed by atoms with Crippen LogP contribution in [0.1, 0.15) is 32.3 Å². The molecule has 0 aliphatic rings. The number of nitrogens with zero attached hydrogens (tertiary/aromatic N) is 1. The Balaban J connectivity index is 0.00000338. The number of aliphatic imine (C=N–C) groups is 1. The Hall–Kier alpha value is -0.990. The minimum atomic E-state index is 0. The Kier molecular flexibility index (Phi) is 11.7. The van der Waals surface area contributed by atoms with Gasteiger partial charge in [-0.05, 0) is 56.9 Å². The van der Waals surface area contributed by atoms with Crippen molar-refractivity contribution in [1.29, 1.82) is 0 Å². The molecular formula is C19H30ClIN4O. The van der Waals surface area contributed by atoms with Crippen molar-refractivity contribution in [3.8, 4) is 0 Å². The highest BCUT2D eigenvalue weighted by atomic mass is 127. The predicted octanol–water partition coefficient (Wildman–Crippen LogP) is 4.35. The third kappa shape index (κ3) is 7.72. The number of hydrogen-bond donors (Lipinski definition) is 3. The van der Waals surface area contributed by atoms with Gasteiger partial charge in [0, 0.05) is 55.0 Å². The fourth-order valence-electron chi connectivity index (χ4n) is 2.67. The average Bonchev–Trinajstić information content (AvgIpc) is 3.00. The molecule has 5 nitrogen and oxygen atoms in total. The number of aromatic amines is 1. The lowest BCUT2D eigenvalue weighted by atomic mass is 10.1. The van der Waals surface area contributed by atoms with Gasteiger partial charge in [-0.3, -0.25) is 4.99 Å². The molecule has 2 aromatic rings. The van der Waals surface area contributed by atoms with Gasteiger partial charge in [-0.1, -0.05) is 11.6 Å². The highest BCUT2D eigenvalue weighted by molar-refractivity contribution is 14.0. The van der Waals surface area contributed by atoms with Gasteiger partial charge in [-0.25, -0.2) is 0 Å². The number of H-pyrrole nitrogens is 1. The van der Waals surface area contributed by atoms with E-state index >= 15 is 0 Å². The first-order valence-electron chi connectivity index (χ1n) is 9.10. The quantitative estimate of drug-likeness (QED) is 0.200. The minimum Gasteiger partial charge on any atom is -0.382 e. The predicted molar refractivity (Wildman–Crippen MR) is 122 cm³/mol. The summed E-state index contributed by atoms with van der Waals surface area (Å²) >= 11 is 6.11. The van der Waals surface area contributed by atoms with E-state index < -0.39 is 0 Å². The summed E-state index contributed by atoms with van der Waals surface area (Å²) in [4.78, 5) is 7.91. The Morgan fingerprint density at radius 1 is 1.23 bits per heavy atom. The van der Waals surface area contributed by atoms with Gasteiger partial charge in [-0.15, -0.1) is 24.0 Å². The summed E-state index contributed by atoms with van der Waals surface area (Å²) in [5.74, 6) is 0.872. The average molecular weight is 493 g/mol. The summed E-state index contributed by atoms with van der Waals surface area (Å²) < 4.78 is 5.35. The summed E-state index contributed by atoms with van der Waals surface area (Å²) in [6.45, 7) is 8.19. The van der Waals surface area contributed by atoms with Crippen molar-refractivity contribution in [2.24, 2.45) is 4.99 Å². The number of nitrogens with one attached hydrogen (secondary N) is 3. The Morgan fingerprint density at radius 3 is 2.85 bits per heavy atom. The fraction of sp³-hybridized carbons (Fsp3) is 0.526. The molecule has 0 unspecified atom stereocenters. The maximum Gasteiger partial charge on any atom is 0.191 e. The largest absolute Gasteiger partial charge is 0.382 e. The molecule has 7 heteroatoms. The summed E-state index contributed by atoms with van der Waals surface area (Å²) in [6.07, 6.45) is 5.06. The zero-order chi connectivity index (χ0) is 17.9. The molecule has 0 saturated carbocycles. The van der Waals surface area contributed by atoms with Crippen LogP contribution in [0.25, 0.3) is 10.9 Å². The smallest absolute Gasteiger partial charge is 0.191 e. The molecule has 26 heavy (non-hydrogen) atoms. The van der Waals surface area contributed by atoms with Crippen LogP contribution in [-0.4, -0.2) is 43.8 Å². The normalized spacial score (nSPS) is 11.4. The number of fused-ring (bicyclic) bond motifs is 1. The van der Waals surface area contributed by atoms with Gasteiger partial charge in [0.25, 0.3) is 0 Å². The molecule has 0 bridgehead atoms. The lowest BCUT2D eigenvalue weighted by molar-refractivity contribution is 0.144. The molecule has 0 amide bonds. The summed E-state index contributed by atoms with van der Waals surface area (Å²) in [5.41, 5.74) is 2.38. The standard InChI is InChI=1S/C19H29ClN4O.HI/c1-3-21-19(22-10-5-6-12-25-4-2)23-11-9-15-14-24-18-8-7-16(20)13-17(15)18;/h7-8,13-14,24H,3-6,9-12H2,1-2H3,(H2,21,22,23);1H. The summed E-state index contributed by atoms with van der Waals surface area (Å²) in [7, 11) is 0. The molecule has 0 spiro atoms. The van der Waals surface area contributed by atoms with Crippen LogP contribution in [0.5, 0.6) is 0 Å². The van der Waals surface area contributed by atoms with E-state index in [0.717, 1.165) is 68.6 Å². The van der Waals surface area contributed by atoms with Gasteiger partial charge in [0.2, 0.25) is 0 Å². The van der Waals surface area contributed by atoms with E-state index in [4.69, 9.17) is 16.3 Å². The lowest BCUT2D eigenvalue weighted by Gasteiger charge is -2.11. The number of benzene rings is 1. The summed E-state index contributed by atoms with van der Waals surface area (Å²) in [6, 6.07) is 5.94. The van der Waals surface area contributed by atoms with Crippen LogP contribution < -0.4 is 10.6 Å². The van der Waals surface area contributed by atoms with Gasteiger partial charge in [0.15, 0.2) is 5.96 Å². The first kappa shape index (κ1) is 23.0. The van der Waals surface area contributed by atoms with Crippen LogP contribution in [0.15, 0.2) is 29.4 Å². The molecule has 0 aliphatic heterocycles. The number of halogens is 2. The van der Waals surface area contributed by atoms with Crippen molar-refractivity contribution < 1.29 is 4.74 Å². The van der Waals surface area contributed by atoms with Crippen LogP contribution in [0.4, 0.5) is 0 Å². The number of guanidine groups is 1. The maximum absolute atomic E-state index is 6.11. The topological polar surface area (TPSA) is 61.4 Å². The van der Waals surface area contributed by atoms with E-state index in [-0.39, 0.29) is 24.0 Å². The van der Waals surface area contributed by atoms with Gasteiger partial charge >= 0.3 is 0 Å². The third-order valence-corrected chi connectivity index (χ3v) is 4.17. The van der Waals surface area contributed by atoms with Crippen LogP contribution in [0.2, 0.25) is 5.02 Å². The zero-order valence-electron chi connectivity index (χ0n) is 15.6. The van der Waals surface area contributed by atoms with Crippen molar-refractivity contribution in [2.75, 3.05) is 32.8 Å². The van der Waals surface area contributed by atoms with E-state index in [9.17, 15) is 0 Å². The number of rotatable bonds is 10. The molecule has 0 fully saturated rings. The van der Waals surface area contributed by atoms with Crippen molar-refractivity contribution in [3.63, 3.8) is 0 Å². The molecule has 1 heterocycles. The highest BCUT2D eigenvalue weighted by Gasteiger charge is 2.05. The van der Waals surface area contributed by atoms with Gasteiger partial charge in [-0.2, -0.15) is 0 Å². The van der Waals surface area contributed by atoms with E-state index in [1.165, 1.54) is 10.9 Å². The van der Waals surface area contributed by atoms with Crippen LogP contribution in [0, 0.1) is 0 Å². The van der Waals surface area contributed by atoms with Gasteiger partial charge < -0.3 is 20.4 Å². The van der Waals surface area contributed by atoms with Crippen LogP contribution >= 0.6 is 35.6 Å². The molecule has 0 aliphatic carbocycles. The molecule has 0 radical (unpaired) electrons. The van der Waals surface area contributed by atoms with E-state index in [2.05, 4.69) is 33.7 Å². The minimum absolute atomic E-state index is 0. The SMILES string of the molecule is CCNC(=NCCCCOCC)NCCc1c[nH]c2ccc(Cl)cc12.I. The number of hydrogen-bond acceptors (Lipinski definition) is 2. The van der Waals surface area contributed by atoms with Crippen molar-refractivity contribution in [2.45, 2.75) is 33.1 Å². The summed E-state index contributed by atoms with van der Waals surface area (Å²) in [5, 5.41) is 8.64. The Labute approximate surface area is 178 Å². The van der Waals surface area contributed by atoms with Crippen molar-refractivity contribution >= 4 is 52.4 Å². The molecular weight excluding hydrogens is 463 g/mol. The van der Waals surface area contributed by atoms with Crippen LogP contribution in [0.3, 0.4) is 0 Å². The number of ether oxygens (including phenoxy) is 1. The molecule has 0 saturated heterocycles. The molecule has 0 atom stereocenters. The first-order valence-corrected chi connectivity index (χ1v) is 9.47. The molecule has 3 N–H and O–H groups in total. The van der Waals surface area contributed by atoms with Crippen molar-refractivity contribution in [3.05, 3.63) is 35.0 Å². The van der Waals surface area contributed by atoms with Gasteiger partial charge in [0.05, 0.1) is 0 Å². The Morgan fingerprint density at radius 2 is 2.08 bits per heavy atom. The second-order valence-corrected chi connectivity index (χ2v) is 6.28. The highest BCUT2D eigenvalue weighted by Crippen LogP contribution is 2.22. The number of unbranched alkanes of at least 4 members (excludes halogenated alkanes) is 1. The number of aromatic nitrogens is 1. The molecule has 2 rings (SSSR count). The molecule has 146 valence electrons. The lowest BCUT2D eigenvalue weighted by Crippen LogP contribution is -2.38. The second-order valence-electron chi connectivity index (χ2n) is 5.85. The first-order chi connectivity index (χ1) is 12.2. The van der Waals surface area contributed by atoms with Crippen LogP contribution in [-0.2, 0) is 11.2 Å². The second kappa shape index (κ2) is 13.2. The monoisotopic (exact) mass is 492 g/mol. The van der Waals surface area contributed by atoms with Gasteiger partial charge in [0.1, 0.15) is 0 Å². The third-order valence-electron chi connectivity index (χ3n) is 3.93. The Bertz CT molecular complexity index is 675. The fourth-order valence-corrected chi connectivity index (χ4v) is 2.84. The van der Waals surface area contributed by atoms with E-state index in [0.29, 0.717) is 0 Å². The maximum atomic E-state index is 6.11. The van der Waals surface area contributed by atoms with Crippen molar-refractivity contribution in [1.82, 2.24) is 15.6 Å². The van der Waals surface area contributed by atoms with E-state index in [1.54, 1.807) is 0 Å². The molecule has 1 aromatic carbocycles.